The number of thiocarbonyl (C=S) groups is 1. The SMILES string of the molecule is CCOC(=O)C=C(C)NNC(N)=S. The highest BCUT2D eigenvalue weighted by Crippen LogP contribution is 1.87. The maximum atomic E-state index is 10.9. The molecule has 0 spiro atoms. The Morgan fingerprint density at radius 2 is 2.23 bits per heavy atom. The molecule has 0 rings (SSSR count). The predicted molar refractivity (Wildman–Crippen MR) is 53.4 cm³/mol. The number of hydrogen-bond donors (Lipinski definition) is 3. The molecule has 0 bridgehead atoms. The van der Waals surface area contributed by atoms with Crippen molar-refractivity contribution in [3.63, 3.8) is 0 Å². The van der Waals surface area contributed by atoms with Crippen molar-refractivity contribution in [2.45, 2.75) is 13.8 Å². The van der Waals surface area contributed by atoms with E-state index in [9.17, 15) is 4.79 Å². The molecule has 0 aromatic rings. The predicted octanol–water partition coefficient (Wildman–Crippen LogP) is -0.209. The van der Waals surface area contributed by atoms with E-state index in [4.69, 9.17) is 5.73 Å². The Kier molecular flexibility index (Phi) is 5.62. The Hall–Kier alpha value is -1.30. The topological polar surface area (TPSA) is 76.4 Å². The zero-order valence-electron chi connectivity index (χ0n) is 7.59. The van der Waals surface area contributed by atoms with Crippen molar-refractivity contribution in [1.82, 2.24) is 10.9 Å². The van der Waals surface area contributed by atoms with Crippen LogP contribution in [0.15, 0.2) is 11.8 Å². The van der Waals surface area contributed by atoms with Crippen molar-refractivity contribution in [3.05, 3.63) is 11.8 Å². The van der Waals surface area contributed by atoms with Crippen LogP contribution in [0.25, 0.3) is 0 Å². The van der Waals surface area contributed by atoms with E-state index in [1.54, 1.807) is 13.8 Å². The second-order valence-electron chi connectivity index (χ2n) is 2.19. The van der Waals surface area contributed by atoms with E-state index >= 15 is 0 Å². The quantitative estimate of drug-likeness (QED) is 0.254. The molecule has 5 nitrogen and oxygen atoms in total. The fraction of sp³-hybridized carbons (Fsp3) is 0.429. The van der Waals surface area contributed by atoms with Gasteiger partial charge in [-0.3, -0.25) is 5.43 Å². The molecule has 0 amide bonds. The number of esters is 1. The summed E-state index contributed by atoms with van der Waals surface area (Å²) in [7, 11) is 0. The Morgan fingerprint density at radius 3 is 2.69 bits per heavy atom. The first-order valence-corrected chi connectivity index (χ1v) is 4.13. The van der Waals surface area contributed by atoms with E-state index in [0.717, 1.165) is 0 Å². The number of allylic oxidation sites excluding steroid dienone is 1. The van der Waals surface area contributed by atoms with E-state index in [2.05, 4.69) is 27.8 Å². The first-order valence-electron chi connectivity index (χ1n) is 3.72. The number of hydrogen-bond acceptors (Lipinski definition) is 4. The Balaban J connectivity index is 3.87. The standard InChI is InChI=1S/C7H13N3O2S/c1-3-12-6(11)4-5(2)9-10-7(8)13/h4,9H,3H2,1-2H3,(H3,8,10,13). The highest BCUT2D eigenvalue weighted by atomic mass is 32.1. The van der Waals surface area contributed by atoms with Gasteiger partial charge in [-0.25, -0.2) is 4.79 Å². The van der Waals surface area contributed by atoms with Gasteiger partial charge in [-0.15, -0.1) is 0 Å². The maximum absolute atomic E-state index is 10.9. The first kappa shape index (κ1) is 11.7. The third-order valence-corrected chi connectivity index (χ3v) is 1.11. The van der Waals surface area contributed by atoms with Crippen LogP contribution >= 0.6 is 12.2 Å². The van der Waals surface area contributed by atoms with Crippen LogP contribution in [0.3, 0.4) is 0 Å². The lowest BCUT2D eigenvalue weighted by Crippen LogP contribution is -2.39. The Morgan fingerprint density at radius 1 is 1.62 bits per heavy atom. The smallest absolute Gasteiger partial charge is 0.332 e. The number of ether oxygens (including phenoxy) is 1. The monoisotopic (exact) mass is 203 g/mol. The highest BCUT2D eigenvalue weighted by Gasteiger charge is 1.96. The lowest BCUT2D eigenvalue weighted by Gasteiger charge is -2.06. The highest BCUT2D eigenvalue weighted by molar-refractivity contribution is 7.80. The molecule has 0 atom stereocenters. The summed E-state index contributed by atoms with van der Waals surface area (Å²) in [6.07, 6.45) is 1.30. The van der Waals surface area contributed by atoms with Gasteiger partial charge >= 0.3 is 5.97 Å². The van der Waals surface area contributed by atoms with Crippen molar-refractivity contribution in [1.29, 1.82) is 0 Å². The molecule has 6 heteroatoms. The number of rotatable bonds is 4. The molecule has 0 aromatic heterocycles. The minimum Gasteiger partial charge on any atom is -0.463 e. The molecule has 0 saturated carbocycles. The van der Waals surface area contributed by atoms with Crippen molar-refractivity contribution in [2.75, 3.05) is 6.61 Å². The van der Waals surface area contributed by atoms with Gasteiger partial charge in [0.05, 0.1) is 6.61 Å². The van der Waals surface area contributed by atoms with Gasteiger partial charge in [0.1, 0.15) is 0 Å². The summed E-state index contributed by atoms with van der Waals surface area (Å²) in [6, 6.07) is 0. The molecule has 0 aliphatic rings. The van der Waals surface area contributed by atoms with E-state index in [-0.39, 0.29) is 5.11 Å². The fourth-order valence-electron chi connectivity index (χ4n) is 0.557. The lowest BCUT2D eigenvalue weighted by atomic mass is 10.4. The van der Waals surface area contributed by atoms with Crippen LogP contribution in [0.5, 0.6) is 0 Å². The average Bonchev–Trinajstić information content (AvgIpc) is 2.01. The van der Waals surface area contributed by atoms with Crippen molar-refractivity contribution in [2.24, 2.45) is 5.73 Å². The summed E-state index contributed by atoms with van der Waals surface area (Å²) < 4.78 is 4.67. The number of carbonyl (C=O) groups excluding carboxylic acids is 1. The maximum Gasteiger partial charge on any atom is 0.332 e. The summed E-state index contributed by atoms with van der Waals surface area (Å²) >= 11 is 4.54. The van der Waals surface area contributed by atoms with Crippen molar-refractivity contribution < 1.29 is 9.53 Å². The number of nitrogens with two attached hydrogens (primary N) is 1. The van der Waals surface area contributed by atoms with Gasteiger partial charge in [0.15, 0.2) is 5.11 Å². The Bertz CT molecular complexity index is 228. The van der Waals surface area contributed by atoms with Gasteiger partial charge in [0.25, 0.3) is 0 Å². The molecule has 0 saturated heterocycles. The summed E-state index contributed by atoms with van der Waals surface area (Å²) in [6.45, 7) is 3.77. The molecule has 74 valence electrons. The summed E-state index contributed by atoms with van der Waals surface area (Å²) in [5.74, 6) is -0.405. The van der Waals surface area contributed by atoms with Crippen LogP contribution in [0.1, 0.15) is 13.8 Å². The number of carbonyl (C=O) groups is 1. The molecule has 0 radical (unpaired) electrons. The average molecular weight is 203 g/mol. The van der Waals surface area contributed by atoms with Crippen LogP contribution in [0.4, 0.5) is 0 Å². The molecule has 0 aliphatic heterocycles. The van der Waals surface area contributed by atoms with E-state index < -0.39 is 5.97 Å². The number of hydrazine groups is 1. The molecular formula is C7H13N3O2S. The molecule has 0 unspecified atom stereocenters. The van der Waals surface area contributed by atoms with Crippen LogP contribution in [-0.4, -0.2) is 17.7 Å². The van der Waals surface area contributed by atoms with E-state index in [0.29, 0.717) is 12.3 Å². The van der Waals surface area contributed by atoms with Gasteiger partial charge in [-0.05, 0) is 26.1 Å². The van der Waals surface area contributed by atoms with E-state index in [1.807, 2.05) is 0 Å². The molecule has 0 fully saturated rings. The second-order valence-corrected chi connectivity index (χ2v) is 2.63. The third kappa shape index (κ3) is 7.07. The van der Waals surface area contributed by atoms with Gasteiger partial charge in [-0.2, -0.15) is 0 Å². The van der Waals surface area contributed by atoms with Gasteiger partial charge < -0.3 is 15.9 Å². The fourth-order valence-corrected chi connectivity index (χ4v) is 0.608. The van der Waals surface area contributed by atoms with Gasteiger partial charge in [0, 0.05) is 11.8 Å². The zero-order chi connectivity index (χ0) is 10.3. The number of nitrogens with one attached hydrogen (secondary N) is 2. The normalized spacial score (nSPS) is 10.5. The largest absolute Gasteiger partial charge is 0.463 e. The molecule has 13 heavy (non-hydrogen) atoms. The molecular weight excluding hydrogens is 190 g/mol. The Labute approximate surface area is 82.3 Å². The first-order chi connectivity index (χ1) is 6.06. The van der Waals surface area contributed by atoms with Gasteiger partial charge in [0.2, 0.25) is 0 Å². The summed E-state index contributed by atoms with van der Waals surface area (Å²) in [4.78, 5) is 10.9. The van der Waals surface area contributed by atoms with Gasteiger partial charge in [-0.1, -0.05) is 0 Å². The van der Waals surface area contributed by atoms with Crippen LogP contribution in [0.2, 0.25) is 0 Å². The lowest BCUT2D eigenvalue weighted by molar-refractivity contribution is -0.137. The summed E-state index contributed by atoms with van der Waals surface area (Å²) in [5.41, 5.74) is 10.8. The summed E-state index contributed by atoms with van der Waals surface area (Å²) in [5, 5.41) is 0.108. The molecule has 0 aromatic carbocycles. The van der Waals surface area contributed by atoms with E-state index in [1.165, 1.54) is 6.08 Å². The van der Waals surface area contributed by atoms with Crippen LogP contribution < -0.4 is 16.6 Å². The van der Waals surface area contributed by atoms with Crippen LogP contribution in [-0.2, 0) is 9.53 Å². The minimum atomic E-state index is -0.405. The molecule has 0 aliphatic carbocycles. The van der Waals surface area contributed by atoms with Crippen LogP contribution in [0, 0.1) is 0 Å². The minimum absolute atomic E-state index is 0.108. The molecule has 0 heterocycles. The zero-order valence-corrected chi connectivity index (χ0v) is 8.40. The molecule has 4 N–H and O–H groups in total. The van der Waals surface area contributed by atoms with Crippen molar-refractivity contribution in [3.8, 4) is 0 Å². The second kappa shape index (κ2) is 6.24. The van der Waals surface area contributed by atoms with Crippen molar-refractivity contribution >= 4 is 23.3 Å². The third-order valence-electron chi connectivity index (χ3n) is 1.00.